The molecule has 1 saturated heterocycles. The van der Waals surface area contributed by atoms with Gasteiger partial charge in [-0.05, 0) is 79.3 Å². The highest BCUT2D eigenvalue weighted by atomic mass is 35.5. The van der Waals surface area contributed by atoms with Gasteiger partial charge < -0.3 is 19.4 Å². The number of ether oxygens (including phenoxy) is 1. The first-order chi connectivity index (χ1) is 16.5. The Morgan fingerprint density at radius 1 is 1.15 bits per heavy atom. The first kappa shape index (κ1) is 23.8. The second-order valence-electron chi connectivity index (χ2n) is 7.78. The summed E-state index contributed by atoms with van der Waals surface area (Å²) < 4.78 is 11.0. The van der Waals surface area contributed by atoms with Crippen LogP contribution in [0.1, 0.15) is 25.5 Å². The first-order valence-electron chi connectivity index (χ1n) is 10.9. The SMILES string of the molecule is CCCOc1ccc(NC(=O)CC2C(=O)N(c3ccc(Cl)cc3)C(=S)N2Cc2ccco2)cc1. The van der Waals surface area contributed by atoms with Crippen LogP contribution in [0.2, 0.25) is 5.02 Å². The number of thiocarbonyl (C=S) groups is 1. The predicted molar refractivity (Wildman–Crippen MR) is 135 cm³/mol. The Morgan fingerprint density at radius 3 is 2.53 bits per heavy atom. The summed E-state index contributed by atoms with van der Waals surface area (Å²) in [6.07, 6.45) is 2.40. The zero-order valence-corrected chi connectivity index (χ0v) is 20.1. The molecule has 4 rings (SSSR count). The Labute approximate surface area is 208 Å². The molecule has 176 valence electrons. The molecule has 34 heavy (non-hydrogen) atoms. The minimum atomic E-state index is -0.777. The van der Waals surface area contributed by atoms with Crippen LogP contribution < -0.4 is 15.0 Å². The molecule has 1 aliphatic heterocycles. The van der Waals surface area contributed by atoms with Crippen molar-refractivity contribution in [3.8, 4) is 5.75 Å². The maximum atomic E-state index is 13.4. The lowest BCUT2D eigenvalue weighted by molar-refractivity contribution is -0.124. The number of hydrogen-bond acceptors (Lipinski definition) is 5. The highest BCUT2D eigenvalue weighted by molar-refractivity contribution is 7.80. The third-order valence-corrected chi connectivity index (χ3v) is 5.97. The molecule has 0 spiro atoms. The molecule has 0 saturated carbocycles. The molecule has 3 aromatic rings. The van der Waals surface area contributed by atoms with E-state index in [1.54, 1.807) is 71.8 Å². The summed E-state index contributed by atoms with van der Waals surface area (Å²) in [6, 6.07) is 16.8. The number of nitrogens with one attached hydrogen (secondary N) is 1. The minimum absolute atomic E-state index is 0.0716. The average Bonchev–Trinajstić information content (AvgIpc) is 3.42. The van der Waals surface area contributed by atoms with Gasteiger partial charge >= 0.3 is 0 Å². The van der Waals surface area contributed by atoms with Gasteiger partial charge in [0, 0.05) is 10.7 Å². The lowest BCUT2D eigenvalue weighted by Crippen LogP contribution is -2.37. The monoisotopic (exact) mass is 497 g/mol. The molecule has 2 aromatic carbocycles. The van der Waals surface area contributed by atoms with E-state index >= 15 is 0 Å². The molecule has 0 bridgehead atoms. The minimum Gasteiger partial charge on any atom is -0.494 e. The van der Waals surface area contributed by atoms with Crippen LogP contribution in [0.4, 0.5) is 11.4 Å². The standard InChI is InChI=1S/C25H24ClN3O4S/c1-2-13-32-20-11-7-18(8-12-20)27-23(30)15-22-24(31)29(19-9-5-17(26)6-10-19)25(34)28(22)16-21-4-3-14-33-21/h3-12,14,22H,2,13,15-16H2,1H3,(H,27,30). The van der Waals surface area contributed by atoms with E-state index in [-0.39, 0.29) is 24.8 Å². The number of carbonyl (C=O) groups is 2. The van der Waals surface area contributed by atoms with Gasteiger partial charge in [0.25, 0.3) is 5.91 Å². The van der Waals surface area contributed by atoms with Crippen molar-refractivity contribution in [1.29, 1.82) is 0 Å². The van der Waals surface area contributed by atoms with Gasteiger partial charge in [0.1, 0.15) is 17.6 Å². The number of benzene rings is 2. The van der Waals surface area contributed by atoms with Crippen LogP contribution in [0.5, 0.6) is 5.75 Å². The van der Waals surface area contributed by atoms with Crippen LogP contribution in [-0.4, -0.2) is 34.5 Å². The number of hydrogen-bond donors (Lipinski definition) is 1. The Morgan fingerprint density at radius 2 is 1.88 bits per heavy atom. The van der Waals surface area contributed by atoms with Crippen molar-refractivity contribution in [1.82, 2.24) is 4.90 Å². The summed E-state index contributed by atoms with van der Waals surface area (Å²) >= 11 is 11.7. The number of rotatable bonds is 9. The molecule has 1 atom stereocenters. The summed E-state index contributed by atoms with van der Waals surface area (Å²) in [5, 5.41) is 3.71. The largest absolute Gasteiger partial charge is 0.494 e. The highest BCUT2D eigenvalue weighted by Crippen LogP contribution is 2.30. The smallest absolute Gasteiger partial charge is 0.256 e. The summed E-state index contributed by atoms with van der Waals surface area (Å²) in [5.74, 6) is 0.795. The number of furan rings is 1. The zero-order chi connectivity index (χ0) is 24.1. The lowest BCUT2D eigenvalue weighted by Gasteiger charge is -2.22. The van der Waals surface area contributed by atoms with E-state index in [9.17, 15) is 9.59 Å². The van der Waals surface area contributed by atoms with Crippen molar-refractivity contribution in [2.24, 2.45) is 0 Å². The molecular weight excluding hydrogens is 474 g/mol. The van der Waals surface area contributed by atoms with Crippen LogP contribution in [-0.2, 0) is 16.1 Å². The Bertz CT molecular complexity index is 1150. The Hall–Kier alpha value is -3.36. The molecule has 1 unspecified atom stereocenters. The molecular formula is C25H24ClN3O4S. The zero-order valence-electron chi connectivity index (χ0n) is 18.6. The molecule has 2 amide bonds. The van der Waals surface area contributed by atoms with Crippen molar-refractivity contribution in [3.05, 3.63) is 77.7 Å². The molecule has 2 heterocycles. The molecule has 1 fully saturated rings. The van der Waals surface area contributed by atoms with Crippen molar-refractivity contribution >= 4 is 52.1 Å². The van der Waals surface area contributed by atoms with Crippen LogP contribution in [0.15, 0.2) is 71.3 Å². The van der Waals surface area contributed by atoms with Crippen molar-refractivity contribution < 1.29 is 18.7 Å². The summed E-state index contributed by atoms with van der Waals surface area (Å²) in [6.45, 7) is 2.93. The van der Waals surface area contributed by atoms with E-state index in [0.29, 0.717) is 33.9 Å². The molecule has 1 aliphatic rings. The van der Waals surface area contributed by atoms with E-state index in [0.717, 1.165) is 12.2 Å². The van der Waals surface area contributed by atoms with Gasteiger partial charge in [0.2, 0.25) is 5.91 Å². The molecule has 9 heteroatoms. The van der Waals surface area contributed by atoms with Crippen molar-refractivity contribution in [3.63, 3.8) is 0 Å². The van der Waals surface area contributed by atoms with Gasteiger partial charge in [0.05, 0.1) is 31.5 Å². The predicted octanol–water partition coefficient (Wildman–Crippen LogP) is 5.25. The quantitative estimate of drug-likeness (QED) is 0.407. The maximum absolute atomic E-state index is 13.4. The maximum Gasteiger partial charge on any atom is 0.256 e. The molecule has 0 radical (unpaired) electrons. The molecule has 0 aliphatic carbocycles. The van der Waals surface area contributed by atoms with Crippen LogP contribution >= 0.6 is 23.8 Å². The van der Waals surface area contributed by atoms with Crippen LogP contribution in [0.3, 0.4) is 0 Å². The second kappa shape index (κ2) is 10.7. The van der Waals surface area contributed by atoms with E-state index in [1.807, 2.05) is 6.92 Å². The molecule has 1 N–H and O–H groups in total. The van der Waals surface area contributed by atoms with E-state index < -0.39 is 6.04 Å². The first-order valence-corrected chi connectivity index (χ1v) is 11.7. The number of anilines is 2. The van der Waals surface area contributed by atoms with E-state index in [1.165, 1.54) is 4.90 Å². The summed E-state index contributed by atoms with van der Waals surface area (Å²) in [5.41, 5.74) is 1.21. The average molecular weight is 498 g/mol. The van der Waals surface area contributed by atoms with E-state index in [4.69, 9.17) is 33.0 Å². The fourth-order valence-corrected chi connectivity index (χ4v) is 4.17. The number of amides is 2. The van der Waals surface area contributed by atoms with Gasteiger partial charge in [-0.25, -0.2) is 0 Å². The van der Waals surface area contributed by atoms with Gasteiger partial charge in [-0.15, -0.1) is 0 Å². The second-order valence-corrected chi connectivity index (χ2v) is 8.58. The van der Waals surface area contributed by atoms with Crippen molar-refractivity contribution in [2.45, 2.75) is 32.4 Å². The van der Waals surface area contributed by atoms with Gasteiger partial charge in [-0.1, -0.05) is 18.5 Å². The normalized spacial score (nSPS) is 15.6. The van der Waals surface area contributed by atoms with E-state index in [2.05, 4.69) is 5.32 Å². The van der Waals surface area contributed by atoms with Gasteiger partial charge in [0.15, 0.2) is 5.11 Å². The lowest BCUT2D eigenvalue weighted by atomic mass is 10.1. The summed E-state index contributed by atoms with van der Waals surface area (Å²) in [4.78, 5) is 29.5. The Balaban J connectivity index is 1.51. The van der Waals surface area contributed by atoms with Crippen LogP contribution in [0.25, 0.3) is 0 Å². The van der Waals surface area contributed by atoms with Gasteiger partial charge in [-0.2, -0.15) is 0 Å². The third kappa shape index (κ3) is 5.40. The highest BCUT2D eigenvalue weighted by Gasteiger charge is 2.44. The molecule has 1 aromatic heterocycles. The fraction of sp³-hybridized carbons (Fsp3) is 0.240. The summed E-state index contributed by atoms with van der Waals surface area (Å²) in [7, 11) is 0. The number of nitrogens with zero attached hydrogens (tertiary/aromatic N) is 2. The topological polar surface area (TPSA) is 75.0 Å². The number of carbonyl (C=O) groups excluding carboxylic acids is 2. The molecule has 7 nitrogen and oxygen atoms in total. The third-order valence-electron chi connectivity index (χ3n) is 5.30. The fourth-order valence-electron chi connectivity index (χ4n) is 3.65. The number of halogens is 1. The van der Waals surface area contributed by atoms with Crippen molar-refractivity contribution in [2.75, 3.05) is 16.8 Å². The Kier molecular flexibility index (Phi) is 7.49. The van der Waals surface area contributed by atoms with Gasteiger partial charge in [-0.3, -0.25) is 14.5 Å². The van der Waals surface area contributed by atoms with Crippen LogP contribution in [0, 0.1) is 0 Å².